The average Bonchev–Trinajstić information content (AvgIpc) is 3.02. The van der Waals surface area contributed by atoms with Crippen LogP contribution in [0.5, 0.6) is 5.88 Å². The molecule has 2 heterocycles. The molecule has 0 amide bonds. The van der Waals surface area contributed by atoms with E-state index in [1.807, 2.05) is 26.1 Å². The van der Waals surface area contributed by atoms with E-state index < -0.39 is 0 Å². The van der Waals surface area contributed by atoms with E-state index in [0.717, 1.165) is 33.9 Å². The van der Waals surface area contributed by atoms with Crippen LogP contribution in [0.2, 0.25) is 5.02 Å². The largest absolute Gasteiger partial charge is 0.481 e. The zero-order chi connectivity index (χ0) is 15.0. The summed E-state index contributed by atoms with van der Waals surface area (Å²) in [4.78, 5) is 0. The quantitative estimate of drug-likeness (QED) is 0.799. The molecule has 8 heteroatoms. The van der Waals surface area contributed by atoms with Gasteiger partial charge in [0.05, 0.1) is 40.8 Å². The van der Waals surface area contributed by atoms with E-state index in [1.54, 1.807) is 11.8 Å². The number of halogens is 1. The molecular formula is C13H14ClN5OS. The molecule has 6 nitrogen and oxygen atoms in total. The van der Waals surface area contributed by atoms with E-state index in [-0.39, 0.29) is 0 Å². The van der Waals surface area contributed by atoms with E-state index in [1.165, 1.54) is 11.7 Å². The van der Waals surface area contributed by atoms with Crippen molar-refractivity contribution in [3.8, 4) is 5.88 Å². The van der Waals surface area contributed by atoms with Gasteiger partial charge in [-0.2, -0.15) is 13.8 Å². The first-order chi connectivity index (χ1) is 10.1. The average molecular weight is 324 g/mol. The number of ether oxygens (including phenoxy) is 1. The van der Waals surface area contributed by atoms with E-state index in [2.05, 4.69) is 19.2 Å². The van der Waals surface area contributed by atoms with Gasteiger partial charge in [-0.15, -0.1) is 0 Å². The third-order valence-electron chi connectivity index (χ3n) is 3.30. The maximum atomic E-state index is 6.27. The fourth-order valence-electron chi connectivity index (χ4n) is 2.31. The summed E-state index contributed by atoms with van der Waals surface area (Å²) in [7, 11) is 3.49. The molecule has 1 aromatic carbocycles. The summed E-state index contributed by atoms with van der Waals surface area (Å²) in [5, 5.41) is 8.31. The van der Waals surface area contributed by atoms with Gasteiger partial charge in [-0.05, 0) is 19.1 Å². The van der Waals surface area contributed by atoms with Crippen molar-refractivity contribution in [2.75, 3.05) is 12.4 Å². The summed E-state index contributed by atoms with van der Waals surface area (Å²) < 4.78 is 15.6. The minimum atomic E-state index is 0.555. The second-order valence-electron chi connectivity index (χ2n) is 4.60. The molecule has 0 spiro atoms. The molecule has 0 saturated carbocycles. The molecule has 1 N–H and O–H groups in total. The molecule has 0 atom stereocenters. The molecule has 3 rings (SSSR count). The van der Waals surface area contributed by atoms with Gasteiger partial charge in [0.2, 0.25) is 5.88 Å². The molecule has 0 unspecified atom stereocenters. The Labute approximate surface area is 131 Å². The van der Waals surface area contributed by atoms with Crippen molar-refractivity contribution in [3.63, 3.8) is 0 Å². The zero-order valence-electron chi connectivity index (χ0n) is 11.8. The summed E-state index contributed by atoms with van der Waals surface area (Å²) in [5.41, 5.74) is 4.32. The monoisotopic (exact) mass is 323 g/mol. The molecule has 21 heavy (non-hydrogen) atoms. The highest BCUT2D eigenvalue weighted by atomic mass is 35.5. The lowest BCUT2D eigenvalue weighted by Gasteiger charge is -2.10. The van der Waals surface area contributed by atoms with Crippen molar-refractivity contribution in [2.45, 2.75) is 13.5 Å². The molecule has 0 saturated heterocycles. The number of rotatable bonds is 4. The van der Waals surface area contributed by atoms with Gasteiger partial charge in [-0.25, -0.2) is 4.68 Å². The molecular weight excluding hydrogens is 310 g/mol. The normalized spacial score (nSPS) is 11.0. The standard InChI is InChI=1S/C13H14ClN5OS/c1-7-8(13(20-3)19(2)16-7)6-15-11-9(14)4-5-10-12(11)18-21-17-10/h4-5,15H,6H2,1-3H3. The Bertz CT molecular complexity index is 797. The topological polar surface area (TPSA) is 64.9 Å². The van der Waals surface area contributed by atoms with Crippen LogP contribution in [-0.4, -0.2) is 25.6 Å². The van der Waals surface area contributed by atoms with Crippen molar-refractivity contribution in [3.05, 3.63) is 28.4 Å². The van der Waals surface area contributed by atoms with E-state index in [0.29, 0.717) is 11.6 Å². The Balaban J connectivity index is 1.94. The first-order valence-corrected chi connectivity index (χ1v) is 7.43. The number of nitrogens with one attached hydrogen (secondary N) is 1. The first kappa shape index (κ1) is 14.1. The molecule has 0 aliphatic heterocycles. The summed E-state index contributed by atoms with van der Waals surface area (Å²) >= 11 is 7.44. The van der Waals surface area contributed by atoms with Gasteiger partial charge in [-0.1, -0.05) is 11.6 Å². The predicted octanol–water partition coefficient (Wildman–Crippen LogP) is 3.01. The minimum absolute atomic E-state index is 0.555. The van der Waals surface area contributed by atoms with Crippen LogP contribution in [0.4, 0.5) is 5.69 Å². The molecule has 0 radical (unpaired) electrons. The van der Waals surface area contributed by atoms with Crippen LogP contribution < -0.4 is 10.1 Å². The zero-order valence-corrected chi connectivity index (χ0v) is 13.4. The third-order valence-corrected chi connectivity index (χ3v) is 4.16. The SMILES string of the molecule is COc1c(CNc2c(Cl)ccc3nsnc23)c(C)nn1C. The van der Waals surface area contributed by atoms with Crippen LogP contribution in [-0.2, 0) is 13.6 Å². The van der Waals surface area contributed by atoms with Crippen molar-refractivity contribution >= 4 is 40.0 Å². The van der Waals surface area contributed by atoms with Crippen LogP contribution in [0.15, 0.2) is 12.1 Å². The summed E-state index contributed by atoms with van der Waals surface area (Å²) in [5.74, 6) is 0.736. The number of fused-ring (bicyclic) bond motifs is 1. The van der Waals surface area contributed by atoms with Crippen LogP contribution in [0.25, 0.3) is 11.0 Å². The Kier molecular flexibility index (Phi) is 3.69. The second kappa shape index (κ2) is 5.50. The predicted molar refractivity (Wildman–Crippen MR) is 84.2 cm³/mol. The number of nitrogens with zero attached hydrogens (tertiary/aromatic N) is 4. The molecule has 0 aliphatic carbocycles. The van der Waals surface area contributed by atoms with Crippen LogP contribution in [0.3, 0.4) is 0 Å². The van der Waals surface area contributed by atoms with Gasteiger partial charge >= 0.3 is 0 Å². The molecule has 0 fully saturated rings. The summed E-state index contributed by atoms with van der Waals surface area (Å²) in [6, 6.07) is 3.68. The number of hydrogen-bond acceptors (Lipinski definition) is 6. The van der Waals surface area contributed by atoms with Gasteiger partial charge in [-0.3, -0.25) is 0 Å². The van der Waals surface area contributed by atoms with E-state index >= 15 is 0 Å². The van der Waals surface area contributed by atoms with Crippen LogP contribution >= 0.6 is 23.3 Å². The maximum Gasteiger partial charge on any atom is 0.216 e. The van der Waals surface area contributed by atoms with Gasteiger partial charge < -0.3 is 10.1 Å². The fourth-order valence-corrected chi connectivity index (χ4v) is 3.07. The third kappa shape index (κ3) is 2.43. The maximum absolute atomic E-state index is 6.27. The van der Waals surface area contributed by atoms with Crippen molar-refractivity contribution in [1.82, 2.24) is 18.5 Å². The van der Waals surface area contributed by atoms with Gasteiger partial charge in [0.25, 0.3) is 0 Å². The molecule has 0 bridgehead atoms. The Hall–Kier alpha value is -1.86. The highest BCUT2D eigenvalue weighted by Crippen LogP contribution is 2.31. The Morgan fingerprint density at radius 3 is 2.95 bits per heavy atom. The molecule has 110 valence electrons. The highest BCUT2D eigenvalue weighted by molar-refractivity contribution is 7.00. The van der Waals surface area contributed by atoms with Gasteiger partial charge in [0.1, 0.15) is 11.0 Å². The summed E-state index contributed by atoms with van der Waals surface area (Å²) in [6.45, 7) is 2.51. The highest BCUT2D eigenvalue weighted by Gasteiger charge is 2.15. The van der Waals surface area contributed by atoms with Crippen LogP contribution in [0, 0.1) is 6.92 Å². The number of aromatic nitrogens is 4. The fraction of sp³-hybridized carbons (Fsp3) is 0.308. The number of aryl methyl sites for hydroxylation is 2. The Morgan fingerprint density at radius 2 is 2.19 bits per heavy atom. The first-order valence-electron chi connectivity index (χ1n) is 6.33. The van der Waals surface area contributed by atoms with E-state index in [9.17, 15) is 0 Å². The lowest BCUT2D eigenvalue weighted by Crippen LogP contribution is -2.04. The number of benzene rings is 1. The minimum Gasteiger partial charge on any atom is -0.481 e. The van der Waals surface area contributed by atoms with E-state index in [4.69, 9.17) is 16.3 Å². The molecule has 2 aromatic heterocycles. The smallest absolute Gasteiger partial charge is 0.216 e. The number of anilines is 1. The number of methoxy groups -OCH3 is 1. The summed E-state index contributed by atoms with van der Waals surface area (Å²) in [6.07, 6.45) is 0. The molecule has 0 aliphatic rings. The van der Waals surface area contributed by atoms with Crippen LogP contribution in [0.1, 0.15) is 11.3 Å². The van der Waals surface area contributed by atoms with Crippen molar-refractivity contribution in [2.24, 2.45) is 7.05 Å². The molecule has 3 aromatic rings. The lowest BCUT2D eigenvalue weighted by molar-refractivity contribution is 0.370. The lowest BCUT2D eigenvalue weighted by atomic mass is 10.2. The number of hydrogen-bond donors (Lipinski definition) is 1. The van der Waals surface area contributed by atoms with Gasteiger partial charge in [0.15, 0.2) is 0 Å². The van der Waals surface area contributed by atoms with Gasteiger partial charge in [0, 0.05) is 13.6 Å². The van der Waals surface area contributed by atoms with Crippen molar-refractivity contribution in [1.29, 1.82) is 0 Å². The second-order valence-corrected chi connectivity index (χ2v) is 5.54. The van der Waals surface area contributed by atoms with Crippen molar-refractivity contribution < 1.29 is 4.74 Å². The Morgan fingerprint density at radius 1 is 1.38 bits per heavy atom.